The molecule has 1 N–H and O–H groups in total. The van der Waals surface area contributed by atoms with Crippen LogP contribution in [0.1, 0.15) is 73.6 Å². The lowest BCUT2D eigenvalue weighted by Gasteiger charge is -2.29. The average molecular weight is 524 g/mol. The summed E-state index contributed by atoms with van der Waals surface area (Å²) >= 11 is 0. The predicted octanol–water partition coefficient (Wildman–Crippen LogP) is 4.82. The zero-order valence-corrected chi connectivity index (χ0v) is 22.1. The Kier molecular flexibility index (Phi) is 7.49. The summed E-state index contributed by atoms with van der Waals surface area (Å²) < 4.78 is 29.7. The number of nitrogens with zero attached hydrogens (tertiary/aromatic N) is 4. The molecule has 10 heteroatoms. The molecule has 9 nitrogen and oxygen atoms in total. The number of benzene rings is 1. The molecular formula is C28H34FN5O4. The van der Waals surface area contributed by atoms with E-state index in [4.69, 9.17) is 9.47 Å². The second-order valence-electron chi connectivity index (χ2n) is 10.2. The van der Waals surface area contributed by atoms with Gasteiger partial charge in [-0.1, -0.05) is 19.3 Å². The van der Waals surface area contributed by atoms with Crippen molar-refractivity contribution in [3.8, 4) is 17.3 Å². The lowest BCUT2D eigenvalue weighted by Crippen LogP contribution is -2.28. The third kappa shape index (κ3) is 5.16. The van der Waals surface area contributed by atoms with Gasteiger partial charge in [-0.3, -0.25) is 9.36 Å². The fourth-order valence-corrected chi connectivity index (χ4v) is 5.40. The molecule has 0 spiro atoms. The fourth-order valence-electron chi connectivity index (χ4n) is 5.40. The lowest BCUT2D eigenvalue weighted by molar-refractivity contribution is 0.0997. The molecule has 3 aromatic rings. The summed E-state index contributed by atoms with van der Waals surface area (Å²) in [4.78, 5) is 30.6. The molecule has 2 aromatic heterocycles. The molecule has 38 heavy (non-hydrogen) atoms. The number of pyridine rings is 1. The maximum absolute atomic E-state index is 15.6. The standard InChI is InChI=1S/C28H34FN5O4/c1-17-13-26(37-3)30-16-22(17)31-27(35)20-14-21(29)23(34-28(36)33-12-8-7-11-25(33)32-34)15-24(20)38-18(2)19-9-5-4-6-10-19/h13-16,18-19H,4-12H2,1-3H3,(H,31,35)/t18-/m0/s1. The minimum absolute atomic E-state index is 0.0263. The van der Waals surface area contributed by atoms with Gasteiger partial charge in [-0.15, -0.1) is 5.10 Å². The number of hydrogen-bond acceptors (Lipinski definition) is 6. The average Bonchev–Trinajstić information content (AvgIpc) is 3.27. The first kappa shape index (κ1) is 25.9. The predicted molar refractivity (Wildman–Crippen MR) is 141 cm³/mol. The van der Waals surface area contributed by atoms with Crippen LogP contribution in [0.25, 0.3) is 5.69 Å². The van der Waals surface area contributed by atoms with E-state index in [2.05, 4.69) is 15.4 Å². The van der Waals surface area contributed by atoms with Crippen molar-refractivity contribution in [2.45, 2.75) is 77.9 Å². The molecule has 0 unspecified atom stereocenters. The molecule has 1 fully saturated rings. The summed E-state index contributed by atoms with van der Waals surface area (Å²) in [5.41, 5.74) is 0.852. The van der Waals surface area contributed by atoms with Gasteiger partial charge in [0.2, 0.25) is 5.88 Å². The Morgan fingerprint density at radius 3 is 2.66 bits per heavy atom. The van der Waals surface area contributed by atoms with Gasteiger partial charge in [-0.25, -0.2) is 14.2 Å². The van der Waals surface area contributed by atoms with Crippen LogP contribution >= 0.6 is 0 Å². The minimum atomic E-state index is -0.727. The van der Waals surface area contributed by atoms with Crippen LogP contribution in [-0.4, -0.2) is 38.5 Å². The number of fused-ring (bicyclic) bond motifs is 1. The number of amides is 1. The van der Waals surface area contributed by atoms with Crippen LogP contribution in [0, 0.1) is 18.7 Å². The number of anilines is 1. The number of aryl methyl sites for hydroxylation is 2. The van der Waals surface area contributed by atoms with E-state index in [1.54, 1.807) is 10.6 Å². The van der Waals surface area contributed by atoms with Crippen LogP contribution in [0.2, 0.25) is 0 Å². The van der Waals surface area contributed by atoms with E-state index < -0.39 is 11.7 Å². The van der Waals surface area contributed by atoms with Gasteiger partial charge in [0.05, 0.1) is 30.7 Å². The number of carbonyl (C=O) groups excluding carboxylic acids is 1. The summed E-state index contributed by atoms with van der Waals surface area (Å²) in [7, 11) is 1.52. The Hall–Kier alpha value is -3.69. The topological polar surface area (TPSA) is 100 Å². The largest absolute Gasteiger partial charge is 0.490 e. The molecule has 1 aliphatic carbocycles. The molecule has 3 heterocycles. The SMILES string of the molecule is COc1cc(C)c(NC(=O)c2cc(F)c(-n3nc4n(c3=O)CCCC4)cc2O[C@@H](C)C2CCCCC2)cn1. The van der Waals surface area contributed by atoms with Gasteiger partial charge in [0.1, 0.15) is 23.1 Å². The number of aromatic nitrogens is 4. The van der Waals surface area contributed by atoms with E-state index in [1.807, 2.05) is 13.8 Å². The molecule has 1 aromatic carbocycles. The summed E-state index contributed by atoms with van der Waals surface area (Å²) in [5, 5.41) is 7.23. The van der Waals surface area contributed by atoms with Gasteiger partial charge in [0.25, 0.3) is 5.91 Å². The normalized spacial score (nSPS) is 16.5. The van der Waals surface area contributed by atoms with Crippen molar-refractivity contribution in [3.63, 3.8) is 0 Å². The Labute approximate surface area is 221 Å². The Bertz CT molecular complexity index is 1390. The molecule has 202 valence electrons. The summed E-state index contributed by atoms with van der Waals surface area (Å²) in [6.45, 7) is 4.37. The molecule has 0 saturated heterocycles. The minimum Gasteiger partial charge on any atom is -0.490 e. The third-order valence-corrected chi connectivity index (χ3v) is 7.66. The molecule has 1 atom stereocenters. The van der Waals surface area contributed by atoms with Gasteiger partial charge in [-0.2, -0.15) is 4.68 Å². The molecule has 0 radical (unpaired) electrons. The van der Waals surface area contributed by atoms with Crippen molar-refractivity contribution in [2.24, 2.45) is 5.92 Å². The summed E-state index contributed by atoms with van der Waals surface area (Å²) in [6.07, 6.45) is 9.37. The number of hydrogen-bond donors (Lipinski definition) is 1. The molecule has 1 amide bonds. The second kappa shape index (κ2) is 11.0. The van der Waals surface area contributed by atoms with Crippen LogP contribution in [-0.2, 0) is 13.0 Å². The Morgan fingerprint density at radius 1 is 1.16 bits per heavy atom. The maximum atomic E-state index is 15.6. The van der Waals surface area contributed by atoms with E-state index in [0.29, 0.717) is 36.3 Å². The van der Waals surface area contributed by atoms with Crippen molar-refractivity contribution < 1.29 is 18.7 Å². The highest BCUT2D eigenvalue weighted by atomic mass is 19.1. The van der Waals surface area contributed by atoms with Crippen molar-refractivity contribution in [1.29, 1.82) is 0 Å². The number of rotatable bonds is 7. The Morgan fingerprint density at radius 2 is 1.95 bits per heavy atom. The highest BCUT2D eigenvalue weighted by Gasteiger charge is 2.27. The number of halogens is 1. The van der Waals surface area contributed by atoms with Gasteiger partial charge in [0, 0.05) is 25.1 Å². The molecule has 0 bridgehead atoms. The quantitative estimate of drug-likeness (QED) is 0.477. The Balaban J connectivity index is 1.52. The highest BCUT2D eigenvalue weighted by molar-refractivity contribution is 6.06. The van der Waals surface area contributed by atoms with E-state index >= 15 is 4.39 Å². The van der Waals surface area contributed by atoms with E-state index in [-0.39, 0.29) is 28.8 Å². The summed E-state index contributed by atoms with van der Waals surface area (Å²) in [5.74, 6) is 0.359. The van der Waals surface area contributed by atoms with E-state index in [0.717, 1.165) is 54.8 Å². The first-order valence-electron chi connectivity index (χ1n) is 13.4. The maximum Gasteiger partial charge on any atom is 0.350 e. The van der Waals surface area contributed by atoms with Crippen LogP contribution in [0.5, 0.6) is 11.6 Å². The van der Waals surface area contributed by atoms with Crippen LogP contribution in [0.15, 0.2) is 29.2 Å². The van der Waals surface area contributed by atoms with Gasteiger partial charge in [0.15, 0.2) is 0 Å². The van der Waals surface area contributed by atoms with Gasteiger partial charge >= 0.3 is 5.69 Å². The molecular weight excluding hydrogens is 489 g/mol. The highest BCUT2D eigenvalue weighted by Crippen LogP contribution is 2.32. The second-order valence-corrected chi connectivity index (χ2v) is 10.2. The lowest BCUT2D eigenvalue weighted by atomic mass is 9.86. The van der Waals surface area contributed by atoms with Crippen molar-refractivity contribution in [1.82, 2.24) is 19.3 Å². The number of ether oxygens (including phenoxy) is 2. The van der Waals surface area contributed by atoms with E-state index in [9.17, 15) is 9.59 Å². The number of nitrogens with one attached hydrogen (secondary N) is 1. The first-order chi connectivity index (χ1) is 18.4. The van der Waals surface area contributed by atoms with Gasteiger partial charge in [-0.05, 0) is 57.1 Å². The van der Waals surface area contributed by atoms with Gasteiger partial charge < -0.3 is 14.8 Å². The molecule has 2 aliphatic rings. The fraction of sp³-hybridized carbons (Fsp3) is 0.500. The zero-order valence-electron chi connectivity index (χ0n) is 22.1. The summed E-state index contributed by atoms with van der Waals surface area (Å²) in [6, 6.07) is 4.27. The molecule has 1 aliphatic heterocycles. The molecule has 5 rings (SSSR count). The number of carbonyl (C=O) groups is 1. The van der Waals surface area contributed by atoms with Crippen LogP contribution in [0.4, 0.5) is 10.1 Å². The van der Waals surface area contributed by atoms with Crippen LogP contribution in [0.3, 0.4) is 0 Å². The van der Waals surface area contributed by atoms with Crippen molar-refractivity contribution in [2.75, 3.05) is 12.4 Å². The van der Waals surface area contributed by atoms with Crippen molar-refractivity contribution >= 4 is 11.6 Å². The smallest absolute Gasteiger partial charge is 0.350 e. The number of methoxy groups -OCH3 is 1. The van der Waals surface area contributed by atoms with E-state index in [1.165, 1.54) is 25.8 Å². The molecule has 1 saturated carbocycles. The zero-order chi connectivity index (χ0) is 26.8. The third-order valence-electron chi connectivity index (χ3n) is 7.66. The first-order valence-corrected chi connectivity index (χ1v) is 13.4. The monoisotopic (exact) mass is 523 g/mol. The van der Waals surface area contributed by atoms with Crippen molar-refractivity contribution in [3.05, 3.63) is 57.6 Å². The van der Waals surface area contributed by atoms with Crippen LogP contribution < -0.4 is 20.5 Å².